The number of thiol groups is 1. The molecule has 0 aliphatic carbocycles. The molecular formula is C15H32N4S. The Bertz CT molecular complexity index is 294. The van der Waals surface area contributed by atoms with Crippen molar-refractivity contribution >= 4 is 12.6 Å². The molecule has 2 aliphatic rings. The first-order chi connectivity index (χ1) is 9.50. The van der Waals surface area contributed by atoms with Crippen LogP contribution in [-0.4, -0.2) is 72.6 Å². The van der Waals surface area contributed by atoms with Crippen molar-refractivity contribution in [2.24, 2.45) is 0 Å². The molecule has 2 aliphatic heterocycles. The number of hydrogen-bond donors (Lipinski definition) is 3. The van der Waals surface area contributed by atoms with Crippen LogP contribution in [0.25, 0.3) is 0 Å². The fourth-order valence-corrected chi connectivity index (χ4v) is 3.66. The predicted octanol–water partition coefficient (Wildman–Crippen LogP) is 1.00. The molecular weight excluding hydrogens is 268 g/mol. The Morgan fingerprint density at radius 3 is 2.40 bits per heavy atom. The maximum Gasteiger partial charge on any atom is 0.0529 e. The number of hydrogen-bond acceptors (Lipinski definition) is 5. The van der Waals surface area contributed by atoms with Crippen LogP contribution < -0.4 is 10.6 Å². The van der Waals surface area contributed by atoms with Crippen molar-refractivity contribution in [2.75, 3.05) is 45.8 Å². The van der Waals surface area contributed by atoms with Crippen LogP contribution in [-0.2, 0) is 0 Å². The van der Waals surface area contributed by atoms with E-state index in [2.05, 4.69) is 41.2 Å². The molecule has 2 atom stereocenters. The van der Waals surface area contributed by atoms with Crippen LogP contribution in [0.3, 0.4) is 0 Å². The first kappa shape index (κ1) is 16.6. The monoisotopic (exact) mass is 300 g/mol. The van der Waals surface area contributed by atoms with E-state index < -0.39 is 0 Å². The van der Waals surface area contributed by atoms with Crippen LogP contribution >= 0.6 is 12.6 Å². The van der Waals surface area contributed by atoms with Gasteiger partial charge >= 0.3 is 0 Å². The standard InChI is InChI=1S/C15H32N4S/c1-13(2)19-11-8-17-15(3,12-19)5-4-14(20)18-9-6-16-7-10-18/h13-14,16-17,20H,4-12H2,1-3H3. The lowest BCUT2D eigenvalue weighted by molar-refractivity contribution is 0.102. The molecule has 0 aromatic rings. The van der Waals surface area contributed by atoms with Crippen LogP contribution in [0.2, 0.25) is 0 Å². The third-order valence-electron chi connectivity index (χ3n) is 4.76. The minimum absolute atomic E-state index is 0.248. The largest absolute Gasteiger partial charge is 0.314 e. The van der Waals surface area contributed by atoms with Gasteiger partial charge in [0, 0.05) is 57.4 Å². The van der Waals surface area contributed by atoms with Crippen molar-refractivity contribution in [3.8, 4) is 0 Å². The van der Waals surface area contributed by atoms with Gasteiger partial charge in [-0.2, -0.15) is 12.6 Å². The maximum atomic E-state index is 4.83. The van der Waals surface area contributed by atoms with Gasteiger partial charge in [-0.1, -0.05) is 0 Å². The van der Waals surface area contributed by atoms with Crippen molar-refractivity contribution in [1.82, 2.24) is 20.4 Å². The Kier molecular flexibility index (Phi) is 6.17. The van der Waals surface area contributed by atoms with E-state index in [0.29, 0.717) is 11.4 Å². The second-order valence-corrected chi connectivity index (χ2v) is 7.45. The number of nitrogens with zero attached hydrogens (tertiary/aromatic N) is 2. The number of rotatable bonds is 5. The zero-order valence-electron chi connectivity index (χ0n) is 13.4. The highest BCUT2D eigenvalue weighted by molar-refractivity contribution is 7.80. The van der Waals surface area contributed by atoms with Crippen molar-refractivity contribution in [2.45, 2.75) is 50.6 Å². The Morgan fingerprint density at radius 2 is 1.75 bits per heavy atom. The van der Waals surface area contributed by atoms with Gasteiger partial charge in [0.05, 0.1) is 5.37 Å². The second kappa shape index (κ2) is 7.45. The molecule has 2 fully saturated rings. The van der Waals surface area contributed by atoms with Gasteiger partial charge in [-0.15, -0.1) is 0 Å². The maximum absolute atomic E-state index is 4.83. The fraction of sp³-hybridized carbons (Fsp3) is 1.00. The summed E-state index contributed by atoms with van der Waals surface area (Å²) < 4.78 is 0. The van der Waals surface area contributed by atoms with Crippen molar-refractivity contribution in [3.63, 3.8) is 0 Å². The number of piperazine rings is 2. The van der Waals surface area contributed by atoms with E-state index in [1.165, 1.54) is 19.4 Å². The lowest BCUT2D eigenvalue weighted by atomic mass is 9.92. The summed E-state index contributed by atoms with van der Waals surface area (Å²) in [6, 6.07) is 0.649. The molecule has 0 aromatic heterocycles. The molecule has 0 amide bonds. The quantitative estimate of drug-likeness (QED) is 0.661. The highest BCUT2D eigenvalue weighted by atomic mass is 32.1. The Balaban J connectivity index is 1.79. The van der Waals surface area contributed by atoms with Gasteiger partial charge in [0.2, 0.25) is 0 Å². The molecule has 4 nitrogen and oxygen atoms in total. The average molecular weight is 301 g/mol. The van der Waals surface area contributed by atoms with E-state index in [9.17, 15) is 0 Å². The molecule has 0 radical (unpaired) electrons. The lowest BCUT2D eigenvalue weighted by Crippen LogP contribution is -2.60. The smallest absolute Gasteiger partial charge is 0.0529 e. The predicted molar refractivity (Wildman–Crippen MR) is 89.6 cm³/mol. The average Bonchev–Trinajstić information content (AvgIpc) is 2.46. The molecule has 5 heteroatoms. The first-order valence-corrected chi connectivity index (χ1v) is 8.64. The van der Waals surface area contributed by atoms with Crippen LogP contribution in [0.5, 0.6) is 0 Å². The Labute approximate surface area is 130 Å². The van der Waals surface area contributed by atoms with Gasteiger partial charge in [0.1, 0.15) is 0 Å². The van der Waals surface area contributed by atoms with Gasteiger partial charge in [-0.05, 0) is 33.6 Å². The van der Waals surface area contributed by atoms with E-state index >= 15 is 0 Å². The Morgan fingerprint density at radius 1 is 1.10 bits per heavy atom. The van der Waals surface area contributed by atoms with Gasteiger partial charge in [0.25, 0.3) is 0 Å². The molecule has 0 bridgehead atoms. The molecule has 2 saturated heterocycles. The van der Waals surface area contributed by atoms with Crippen LogP contribution in [0.15, 0.2) is 0 Å². The van der Waals surface area contributed by atoms with Crippen molar-refractivity contribution in [3.05, 3.63) is 0 Å². The number of nitrogens with one attached hydrogen (secondary N) is 2. The highest BCUT2D eigenvalue weighted by Gasteiger charge is 2.32. The minimum atomic E-state index is 0.248. The van der Waals surface area contributed by atoms with Gasteiger partial charge in [0.15, 0.2) is 0 Å². The van der Waals surface area contributed by atoms with Crippen LogP contribution in [0, 0.1) is 0 Å². The SMILES string of the molecule is CC(C)N1CCNC(C)(CCC(S)N2CCNCC2)C1. The molecule has 2 heterocycles. The molecule has 0 aromatic carbocycles. The second-order valence-electron chi connectivity index (χ2n) is 6.86. The zero-order chi connectivity index (χ0) is 14.6. The summed E-state index contributed by atoms with van der Waals surface area (Å²) in [6.07, 6.45) is 2.37. The molecule has 0 saturated carbocycles. The first-order valence-electron chi connectivity index (χ1n) is 8.12. The molecule has 2 N–H and O–H groups in total. The molecule has 2 rings (SSSR count). The van der Waals surface area contributed by atoms with Crippen LogP contribution in [0.4, 0.5) is 0 Å². The minimum Gasteiger partial charge on any atom is -0.314 e. The molecule has 20 heavy (non-hydrogen) atoms. The third kappa shape index (κ3) is 4.60. The summed E-state index contributed by atoms with van der Waals surface area (Å²) in [5.74, 6) is 0. The molecule has 118 valence electrons. The zero-order valence-corrected chi connectivity index (χ0v) is 14.3. The summed E-state index contributed by atoms with van der Waals surface area (Å²) in [6.45, 7) is 14.9. The fourth-order valence-electron chi connectivity index (χ4n) is 3.30. The van der Waals surface area contributed by atoms with E-state index in [-0.39, 0.29) is 5.54 Å². The van der Waals surface area contributed by atoms with Gasteiger partial charge < -0.3 is 10.6 Å². The Hall–Kier alpha value is 0.190. The summed E-state index contributed by atoms with van der Waals surface area (Å²) in [5.41, 5.74) is 0.248. The molecule has 2 unspecified atom stereocenters. The lowest BCUT2D eigenvalue weighted by Gasteiger charge is -2.44. The van der Waals surface area contributed by atoms with Crippen molar-refractivity contribution < 1.29 is 0 Å². The normalized spacial score (nSPS) is 31.6. The summed E-state index contributed by atoms with van der Waals surface area (Å²) in [4.78, 5) is 5.10. The third-order valence-corrected chi connectivity index (χ3v) is 5.35. The van der Waals surface area contributed by atoms with Gasteiger partial charge in [-0.25, -0.2) is 0 Å². The summed E-state index contributed by atoms with van der Waals surface area (Å²) >= 11 is 4.83. The van der Waals surface area contributed by atoms with E-state index in [1.54, 1.807) is 0 Å². The topological polar surface area (TPSA) is 30.5 Å². The van der Waals surface area contributed by atoms with E-state index in [1.807, 2.05) is 0 Å². The van der Waals surface area contributed by atoms with E-state index in [0.717, 1.165) is 39.3 Å². The van der Waals surface area contributed by atoms with Crippen LogP contribution in [0.1, 0.15) is 33.6 Å². The summed E-state index contributed by atoms with van der Waals surface area (Å²) in [7, 11) is 0. The van der Waals surface area contributed by atoms with Gasteiger partial charge in [-0.3, -0.25) is 9.80 Å². The van der Waals surface area contributed by atoms with E-state index in [4.69, 9.17) is 12.6 Å². The summed E-state index contributed by atoms with van der Waals surface area (Å²) in [5, 5.41) is 7.55. The molecule has 0 spiro atoms. The highest BCUT2D eigenvalue weighted by Crippen LogP contribution is 2.22. The van der Waals surface area contributed by atoms with Crippen molar-refractivity contribution in [1.29, 1.82) is 0 Å².